The standard InChI is InChI=1S/C15H19NO2/c1-18-12-4-2-11(3-5-12)13-6-8-16-9-7-15(17)14(13)10-16/h2-6,14-15,17H,7-10H2,1H3/t14-,15-/m1/s1. The quantitative estimate of drug-likeness (QED) is 0.862. The van der Waals surface area contributed by atoms with Crippen LogP contribution in [0.3, 0.4) is 0 Å². The van der Waals surface area contributed by atoms with Gasteiger partial charge in [0.25, 0.3) is 0 Å². The summed E-state index contributed by atoms with van der Waals surface area (Å²) in [6, 6.07) is 8.14. The van der Waals surface area contributed by atoms with Crippen LogP contribution >= 0.6 is 0 Å². The van der Waals surface area contributed by atoms with Crippen molar-refractivity contribution in [3.05, 3.63) is 35.9 Å². The van der Waals surface area contributed by atoms with E-state index in [-0.39, 0.29) is 12.0 Å². The van der Waals surface area contributed by atoms with Gasteiger partial charge in [0.05, 0.1) is 13.2 Å². The molecule has 1 fully saturated rings. The minimum absolute atomic E-state index is 0.199. The van der Waals surface area contributed by atoms with Gasteiger partial charge in [0.1, 0.15) is 5.75 Å². The van der Waals surface area contributed by atoms with Crippen molar-refractivity contribution in [3.8, 4) is 5.75 Å². The van der Waals surface area contributed by atoms with Crippen molar-refractivity contribution >= 4 is 5.57 Å². The highest BCUT2D eigenvalue weighted by Gasteiger charge is 2.33. The maximum atomic E-state index is 10.2. The molecule has 0 aliphatic carbocycles. The van der Waals surface area contributed by atoms with Crippen molar-refractivity contribution in [1.29, 1.82) is 0 Å². The topological polar surface area (TPSA) is 32.7 Å². The lowest BCUT2D eigenvalue weighted by molar-refractivity contribution is 0.0509. The molecule has 0 spiro atoms. The molecule has 2 bridgehead atoms. The average Bonchev–Trinajstić information content (AvgIpc) is 2.44. The molecule has 1 aromatic carbocycles. The summed E-state index contributed by atoms with van der Waals surface area (Å²) in [7, 11) is 1.68. The van der Waals surface area contributed by atoms with Crippen LogP contribution in [0.4, 0.5) is 0 Å². The number of nitrogens with zero attached hydrogens (tertiary/aromatic N) is 1. The molecule has 96 valence electrons. The lowest BCUT2D eigenvalue weighted by atomic mass is 9.81. The summed E-state index contributed by atoms with van der Waals surface area (Å²) in [5.41, 5.74) is 2.50. The van der Waals surface area contributed by atoms with Crippen molar-refractivity contribution in [2.75, 3.05) is 26.7 Å². The molecule has 2 aliphatic rings. The Labute approximate surface area is 108 Å². The van der Waals surface area contributed by atoms with Gasteiger partial charge >= 0.3 is 0 Å². The van der Waals surface area contributed by atoms with Crippen molar-refractivity contribution in [3.63, 3.8) is 0 Å². The smallest absolute Gasteiger partial charge is 0.118 e. The van der Waals surface area contributed by atoms with Gasteiger partial charge in [-0.1, -0.05) is 18.2 Å². The van der Waals surface area contributed by atoms with Gasteiger partial charge in [-0.3, -0.25) is 4.90 Å². The molecular formula is C15H19NO2. The summed E-state index contributed by atoms with van der Waals surface area (Å²) in [5.74, 6) is 1.14. The molecule has 1 saturated heterocycles. The molecule has 2 heterocycles. The van der Waals surface area contributed by atoms with Crippen molar-refractivity contribution in [2.45, 2.75) is 12.5 Å². The highest BCUT2D eigenvalue weighted by atomic mass is 16.5. The lowest BCUT2D eigenvalue weighted by Crippen LogP contribution is -2.46. The molecule has 1 unspecified atom stereocenters. The molecule has 2 aliphatic heterocycles. The zero-order valence-electron chi connectivity index (χ0n) is 10.7. The highest BCUT2D eigenvalue weighted by Crippen LogP contribution is 2.34. The van der Waals surface area contributed by atoms with E-state index in [0.29, 0.717) is 0 Å². The van der Waals surface area contributed by atoms with Crippen molar-refractivity contribution in [2.24, 2.45) is 5.92 Å². The number of methoxy groups -OCH3 is 1. The summed E-state index contributed by atoms with van der Waals surface area (Å²) in [6.07, 6.45) is 2.95. The molecule has 0 amide bonds. The van der Waals surface area contributed by atoms with Gasteiger partial charge in [-0.25, -0.2) is 0 Å². The number of fused-ring (bicyclic) bond motifs is 2. The lowest BCUT2D eigenvalue weighted by Gasteiger charge is -2.40. The van der Waals surface area contributed by atoms with Gasteiger partial charge in [-0.05, 0) is 29.7 Å². The van der Waals surface area contributed by atoms with Crippen LogP contribution in [-0.2, 0) is 0 Å². The maximum Gasteiger partial charge on any atom is 0.118 e. The predicted octanol–water partition coefficient (Wildman–Crippen LogP) is 1.77. The Kier molecular flexibility index (Phi) is 3.10. The summed E-state index contributed by atoms with van der Waals surface area (Å²) >= 11 is 0. The van der Waals surface area contributed by atoms with E-state index < -0.39 is 0 Å². The van der Waals surface area contributed by atoms with E-state index in [4.69, 9.17) is 4.74 Å². The number of piperidine rings is 1. The van der Waals surface area contributed by atoms with Crippen LogP contribution in [-0.4, -0.2) is 42.9 Å². The number of hydrogen-bond donors (Lipinski definition) is 1. The van der Waals surface area contributed by atoms with Crippen LogP contribution in [0.15, 0.2) is 30.3 Å². The van der Waals surface area contributed by atoms with Crippen LogP contribution in [0, 0.1) is 5.92 Å². The van der Waals surface area contributed by atoms with Crippen LogP contribution in [0.25, 0.3) is 5.57 Å². The minimum atomic E-state index is -0.199. The molecule has 3 nitrogen and oxygen atoms in total. The first-order valence-corrected chi connectivity index (χ1v) is 6.53. The van der Waals surface area contributed by atoms with Gasteiger partial charge in [-0.15, -0.1) is 0 Å². The van der Waals surface area contributed by atoms with Crippen LogP contribution < -0.4 is 4.74 Å². The molecular weight excluding hydrogens is 226 g/mol. The first-order chi connectivity index (χ1) is 8.78. The Balaban J connectivity index is 1.90. The number of ether oxygens (including phenoxy) is 1. The number of aliphatic hydroxyl groups is 1. The normalized spacial score (nSPS) is 30.8. The van der Waals surface area contributed by atoms with Gasteiger partial charge in [-0.2, -0.15) is 0 Å². The third kappa shape index (κ3) is 2.04. The van der Waals surface area contributed by atoms with Crippen LogP contribution in [0.5, 0.6) is 5.75 Å². The number of aliphatic hydroxyl groups excluding tert-OH is 1. The maximum absolute atomic E-state index is 10.2. The molecule has 1 N–H and O–H groups in total. The monoisotopic (exact) mass is 245 g/mol. The molecule has 0 radical (unpaired) electrons. The SMILES string of the molecule is COc1ccc(C2=CCN3CC[C@@H](O)[C@@H]2C3)cc1. The van der Waals surface area contributed by atoms with E-state index in [9.17, 15) is 5.11 Å². The van der Waals surface area contributed by atoms with E-state index >= 15 is 0 Å². The van der Waals surface area contributed by atoms with E-state index in [1.165, 1.54) is 11.1 Å². The molecule has 3 rings (SSSR count). The largest absolute Gasteiger partial charge is 0.497 e. The van der Waals surface area contributed by atoms with Crippen LogP contribution in [0.2, 0.25) is 0 Å². The molecule has 18 heavy (non-hydrogen) atoms. The minimum Gasteiger partial charge on any atom is -0.497 e. The first-order valence-electron chi connectivity index (χ1n) is 6.53. The van der Waals surface area contributed by atoms with Gasteiger partial charge in [0.15, 0.2) is 0 Å². The zero-order valence-corrected chi connectivity index (χ0v) is 10.7. The Hall–Kier alpha value is -1.32. The highest BCUT2D eigenvalue weighted by molar-refractivity contribution is 5.69. The fourth-order valence-corrected chi connectivity index (χ4v) is 2.97. The Morgan fingerprint density at radius 2 is 2.06 bits per heavy atom. The first kappa shape index (κ1) is 11.8. The summed E-state index contributed by atoms with van der Waals surface area (Å²) in [4.78, 5) is 2.41. The third-order valence-corrected chi connectivity index (χ3v) is 4.05. The summed E-state index contributed by atoms with van der Waals surface area (Å²) < 4.78 is 5.18. The van der Waals surface area contributed by atoms with E-state index in [2.05, 4.69) is 23.1 Å². The fourth-order valence-electron chi connectivity index (χ4n) is 2.97. The second-order valence-corrected chi connectivity index (χ2v) is 5.11. The predicted molar refractivity (Wildman–Crippen MR) is 71.5 cm³/mol. The zero-order chi connectivity index (χ0) is 12.5. The van der Waals surface area contributed by atoms with E-state index in [1.54, 1.807) is 7.11 Å². The second-order valence-electron chi connectivity index (χ2n) is 5.11. The van der Waals surface area contributed by atoms with E-state index in [1.807, 2.05) is 12.1 Å². The number of hydrogen-bond acceptors (Lipinski definition) is 3. The van der Waals surface area contributed by atoms with Crippen molar-refractivity contribution in [1.82, 2.24) is 4.90 Å². The Morgan fingerprint density at radius 3 is 2.78 bits per heavy atom. The Morgan fingerprint density at radius 1 is 1.28 bits per heavy atom. The van der Waals surface area contributed by atoms with Gasteiger partial charge in [0.2, 0.25) is 0 Å². The average molecular weight is 245 g/mol. The van der Waals surface area contributed by atoms with Crippen LogP contribution in [0.1, 0.15) is 12.0 Å². The molecule has 3 atom stereocenters. The fraction of sp³-hybridized carbons (Fsp3) is 0.467. The number of rotatable bonds is 2. The summed E-state index contributed by atoms with van der Waals surface area (Å²) in [6.45, 7) is 3.01. The Bertz CT molecular complexity index is 452. The number of benzene rings is 1. The molecule has 1 aromatic rings. The molecule has 0 saturated carbocycles. The summed E-state index contributed by atoms with van der Waals surface area (Å²) in [5, 5.41) is 10.2. The van der Waals surface area contributed by atoms with E-state index in [0.717, 1.165) is 31.8 Å². The second kappa shape index (κ2) is 4.75. The van der Waals surface area contributed by atoms with Crippen molar-refractivity contribution < 1.29 is 9.84 Å². The van der Waals surface area contributed by atoms with Gasteiger partial charge < -0.3 is 9.84 Å². The third-order valence-electron chi connectivity index (χ3n) is 4.05. The molecule has 3 heteroatoms. The molecule has 0 aromatic heterocycles. The van der Waals surface area contributed by atoms with Gasteiger partial charge in [0, 0.05) is 25.6 Å².